The van der Waals surface area contributed by atoms with Crippen LogP contribution in [0.1, 0.15) is 36.9 Å². The van der Waals surface area contributed by atoms with Crippen LogP contribution in [0.15, 0.2) is 35.2 Å². The quantitative estimate of drug-likeness (QED) is 0.874. The van der Waals surface area contributed by atoms with Gasteiger partial charge in [0.15, 0.2) is 0 Å². The number of imidazole rings is 1. The molecule has 3 unspecified atom stereocenters. The third-order valence-corrected chi connectivity index (χ3v) is 4.07. The maximum Gasteiger partial charge on any atom is 0.133 e. The topological polar surface area (TPSA) is 63.2 Å². The Labute approximate surface area is 118 Å². The second kappa shape index (κ2) is 5.81. The first-order valence-electron chi connectivity index (χ1n) is 7.16. The summed E-state index contributed by atoms with van der Waals surface area (Å²) >= 11 is 0. The van der Waals surface area contributed by atoms with Crippen molar-refractivity contribution in [2.24, 2.45) is 13.0 Å². The van der Waals surface area contributed by atoms with Crippen LogP contribution in [0, 0.1) is 5.92 Å². The summed E-state index contributed by atoms with van der Waals surface area (Å²) in [5.74, 6) is 2.35. The fourth-order valence-electron chi connectivity index (χ4n) is 2.95. The Balaban J connectivity index is 1.72. The summed E-state index contributed by atoms with van der Waals surface area (Å²) in [6, 6.07) is 3.82. The summed E-state index contributed by atoms with van der Waals surface area (Å²) in [7, 11) is 1.99. The number of rotatable bonds is 5. The Morgan fingerprint density at radius 2 is 2.45 bits per heavy atom. The highest BCUT2D eigenvalue weighted by Crippen LogP contribution is 2.27. The minimum Gasteiger partial charge on any atom is -0.467 e. The largest absolute Gasteiger partial charge is 0.467 e. The lowest BCUT2D eigenvalue weighted by Gasteiger charge is -2.19. The van der Waals surface area contributed by atoms with Crippen molar-refractivity contribution < 1.29 is 9.52 Å². The van der Waals surface area contributed by atoms with Gasteiger partial charge < -0.3 is 19.4 Å². The molecule has 1 aliphatic carbocycles. The zero-order valence-electron chi connectivity index (χ0n) is 11.7. The van der Waals surface area contributed by atoms with E-state index in [0.717, 1.165) is 37.4 Å². The lowest BCUT2D eigenvalue weighted by Crippen LogP contribution is -2.29. The van der Waals surface area contributed by atoms with Crippen molar-refractivity contribution in [1.29, 1.82) is 0 Å². The number of aryl methyl sites for hydroxylation is 1. The minimum absolute atomic E-state index is 0.0391. The van der Waals surface area contributed by atoms with Crippen molar-refractivity contribution in [1.82, 2.24) is 14.9 Å². The molecule has 5 heteroatoms. The molecular formula is C15H21N3O2. The molecule has 0 saturated heterocycles. The molecule has 1 aliphatic rings. The second-order valence-electron chi connectivity index (χ2n) is 5.59. The van der Waals surface area contributed by atoms with Gasteiger partial charge in [0.25, 0.3) is 0 Å². The van der Waals surface area contributed by atoms with Crippen LogP contribution in [0.25, 0.3) is 0 Å². The monoisotopic (exact) mass is 275 g/mol. The third kappa shape index (κ3) is 2.78. The minimum atomic E-state index is -0.128. The summed E-state index contributed by atoms with van der Waals surface area (Å²) in [6.07, 6.45) is 8.18. The van der Waals surface area contributed by atoms with E-state index in [9.17, 15) is 5.11 Å². The highest BCUT2D eigenvalue weighted by molar-refractivity contribution is 5.15. The molecule has 2 heterocycles. The highest BCUT2D eigenvalue weighted by atomic mass is 16.3. The van der Waals surface area contributed by atoms with Gasteiger partial charge in [-0.3, -0.25) is 0 Å². The molecule has 0 radical (unpaired) electrons. The van der Waals surface area contributed by atoms with E-state index in [1.165, 1.54) is 0 Å². The van der Waals surface area contributed by atoms with Gasteiger partial charge >= 0.3 is 0 Å². The smallest absolute Gasteiger partial charge is 0.133 e. The van der Waals surface area contributed by atoms with E-state index in [1.807, 2.05) is 29.9 Å². The van der Waals surface area contributed by atoms with Gasteiger partial charge in [0, 0.05) is 19.4 Å². The first kappa shape index (κ1) is 13.4. The van der Waals surface area contributed by atoms with Gasteiger partial charge in [-0.2, -0.15) is 0 Å². The molecule has 0 spiro atoms. The molecule has 2 aromatic rings. The Morgan fingerprint density at radius 3 is 3.05 bits per heavy atom. The molecule has 3 rings (SSSR count). The molecular weight excluding hydrogens is 254 g/mol. The Kier molecular flexibility index (Phi) is 3.89. The van der Waals surface area contributed by atoms with Gasteiger partial charge in [-0.15, -0.1) is 0 Å². The fourth-order valence-corrected chi connectivity index (χ4v) is 2.95. The lowest BCUT2D eigenvalue weighted by atomic mass is 10.1. The van der Waals surface area contributed by atoms with Crippen molar-refractivity contribution >= 4 is 0 Å². The number of hydrogen-bond donors (Lipinski definition) is 2. The van der Waals surface area contributed by atoms with E-state index in [0.29, 0.717) is 5.92 Å². The molecule has 1 saturated carbocycles. The van der Waals surface area contributed by atoms with Gasteiger partial charge in [0.05, 0.1) is 12.4 Å². The first-order valence-corrected chi connectivity index (χ1v) is 7.16. The van der Waals surface area contributed by atoms with Gasteiger partial charge in [0.1, 0.15) is 17.6 Å². The Bertz CT molecular complexity index is 535. The third-order valence-electron chi connectivity index (χ3n) is 4.07. The fraction of sp³-hybridized carbons (Fsp3) is 0.533. The van der Waals surface area contributed by atoms with Crippen molar-refractivity contribution in [3.05, 3.63) is 42.4 Å². The van der Waals surface area contributed by atoms with E-state index < -0.39 is 0 Å². The maximum atomic E-state index is 9.61. The lowest BCUT2D eigenvalue weighted by molar-refractivity contribution is 0.177. The SMILES string of the molecule is Cn1ccnc1C(NCC1CCC(O)C1)c1ccco1. The summed E-state index contributed by atoms with van der Waals surface area (Å²) in [5, 5.41) is 13.2. The number of aliphatic hydroxyl groups excluding tert-OH is 1. The molecule has 1 fully saturated rings. The summed E-state index contributed by atoms with van der Waals surface area (Å²) < 4.78 is 7.55. The van der Waals surface area contributed by atoms with Crippen molar-refractivity contribution in [2.45, 2.75) is 31.4 Å². The van der Waals surface area contributed by atoms with Gasteiger partial charge in [-0.25, -0.2) is 4.98 Å². The van der Waals surface area contributed by atoms with Gasteiger partial charge in [0.2, 0.25) is 0 Å². The van der Waals surface area contributed by atoms with Crippen molar-refractivity contribution in [3.63, 3.8) is 0 Å². The molecule has 20 heavy (non-hydrogen) atoms. The van der Waals surface area contributed by atoms with E-state index in [1.54, 1.807) is 12.5 Å². The van der Waals surface area contributed by atoms with Gasteiger partial charge in [-0.05, 0) is 43.9 Å². The van der Waals surface area contributed by atoms with Crippen LogP contribution in [-0.4, -0.2) is 27.3 Å². The molecule has 108 valence electrons. The zero-order valence-corrected chi connectivity index (χ0v) is 11.7. The number of aliphatic hydroxyl groups is 1. The number of nitrogens with one attached hydrogen (secondary N) is 1. The van der Waals surface area contributed by atoms with E-state index in [-0.39, 0.29) is 12.1 Å². The van der Waals surface area contributed by atoms with Crippen LogP contribution < -0.4 is 5.32 Å². The molecule has 0 aromatic carbocycles. The Morgan fingerprint density at radius 1 is 1.55 bits per heavy atom. The van der Waals surface area contributed by atoms with Crippen LogP contribution in [0.3, 0.4) is 0 Å². The van der Waals surface area contributed by atoms with Crippen LogP contribution in [0.2, 0.25) is 0 Å². The standard InChI is InChI=1S/C15H21N3O2/c1-18-7-6-16-15(18)14(13-3-2-8-20-13)17-10-11-4-5-12(19)9-11/h2-3,6-8,11-12,14,17,19H,4-5,9-10H2,1H3. The number of furan rings is 1. The summed E-state index contributed by atoms with van der Waals surface area (Å²) in [4.78, 5) is 4.42. The van der Waals surface area contributed by atoms with Crippen molar-refractivity contribution in [3.8, 4) is 0 Å². The molecule has 3 atom stereocenters. The van der Waals surface area contributed by atoms with Crippen LogP contribution >= 0.6 is 0 Å². The first-order chi connectivity index (χ1) is 9.74. The van der Waals surface area contributed by atoms with Crippen LogP contribution in [-0.2, 0) is 7.05 Å². The van der Waals surface area contributed by atoms with Crippen molar-refractivity contribution in [2.75, 3.05) is 6.54 Å². The highest BCUT2D eigenvalue weighted by Gasteiger charge is 2.26. The second-order valence-corrected chi connectivity index (χ2v) is 5.59. The average molecular weight is 275 g/mol. The summed E-state index contributed by atoms with van der Waals surface area (Å²) in [6.45, 7) is 0.870. The molecule has 5 nitrogen and oxygen atoms in total. The molecule has 2 N–H and O–H groups in total. The van der Waals surface area contributed by atoms with E-state index in [2.05, 4.69) is 10.3 Å². The Hall–Kier alpha value is -1.59. The van der Waals surface area contributed by atoms with Crippen LogP contribution in [0.4, 0.5) is 0 Å². The predicted octanol–water partition coefficient (Wildman–Crippen LogP) is 1.85. The molecule has 0 aliphatic heterocycles. The number of aromatic nitrogens is 2. The number of nitrogens with zero attached hydrogens (tertiary/aromatic N) is 2. The van der Waals surface area contributed by atoms with Crippen LogP contribution in [0.5, 0.6) is 0 Å². The van der Waals surface area contributed by atoms with E-state index >= 15 is 0 Å². The van der Waals surface area contributed by atoms with E-state index in [4.69, 9.17) is 4.42 Å². The molecule has 0 amide bonds. The van der Waals surface area contributed by atoms with Gasteiger partial charge in [-0.1, -0.05) is 0 Å². The zero-order chi connectivity index (χ0) is 13.9. The number of hydrogen-bond acceptors (Lipinski definition) is 4. The normalized spacial score (nSPS) is 24.1. The molecule has 2 aromatic heterocycles. The molecule has 0 bridgehead atoms. The maximum absolute atomic E-state index is 9.61. The average Bonchev–Trinajstić information content (AvgIpc) is 3.14. The predicted molar refractivity (Wildman–Crippen MR) is 75.1 cm³/mol. The summed E-state index contributed by atoms with van der Waals surface area (Å²) in [5.41, 5.74) is 0.